The van der Waals surface area contributed by atoms with Gasteiger partial charge in [0.1, 0.15) is 5.75 Å². The molecule has 0 fully saturated rings. The van der Waals surface area contributed by atoms with Crippen molar-refractivity contribution in [1.82, 2.24) is 10.3 Å². The van der Waals surface area contributed by atoms with E-state index in [1.807, 2.05) is 24.3 Å². The number of benzene rings is 1. The molecular weight excluding hydrogens is 332 g/mol. The van der Waals surface area contributed by atoms with Crippen LogP contribution in [-0.4, -0.2) is 24.5 Å². The molecule has 1 heterocycles. The first kappa shape index (κ1) is 15.1. The molecule has 0 bridgehead atoms. The van der Waals surface area contributed by atoms with Gasteiger partial charge in [0.05, 0.1) is 24.8 Å². The third-order valence-electron chi connectivity index (χ3n) is 2.63. The third kappa shape index (κ3) is 4.33. The average molecular weight is 345 g/mol. The minimum atomic E-state index is -0.210. The van der Waals surface area contributed by atoms with Crippen LogP contribution in [0.4, 0.5) is 0 Å². The normalized spacial score (nSPS) is 9.43. The van der Waals surface area contributed by atoms with Crippen molar-refractivity contribution in [2.45, 2.75) is 0 Å². The van der Waals surface area contributed by atoms with Crippen LogP contribution in [0, 0.1) is 11.8 Å². The van der Waals surface area contributed by atoms with Gasteiger partial charge in [-0.1, -0.05) is 24.0 Å². The number of nitrogens with zero attached hydrogens (tertiary/aromatic N) is 1. The van der Waals surface area contributed by atoms with Crippen molar-refractivity contribution in [3.05, 3.63) is 58.3 Å². The van der Waals surface area contributed by atoms with Gasteiger partial charge in [-0.15, -0.1) is 0 Å². The maximum Gasteiger partial charge on any atom is 0.253 e. The number of amides is 1. The summed E-state index contributed by atoms with van der Waals surface area (Å²) >= 11 is 3.27. The van der Waals surface area contributed by atoms with Gasteiger partial charge in [-0.25, -0.2) is 0 Å². The molecule has 0 saturated heterocycles. The summed E-state index contributed by atoms with van der Waals surface area (Å²) < 4.78 is 5.96. The van der Waals surface area contributed by atoms with Crippen molar-refractivity contribution >= 4 is 21.8 Å². The molecular formula is C16H13BrN2O2. The molecule has 0 atom stereocenters. The summed E-state index contributed by atoms with van der Waals surface area (Å²) in [5.41, 5.74) is 1.28. The fourth-order valence-electron chi connectivity index (χ4n) is 1.65. The predicted octanol–water partition coefficient (Wildman–Crippen LogP) is 2.63. The topological polar surface area (TPSA) is 51.2 Å². The van der Waals surface area contributed by atoms with Gasteiger partial charge in [-0.05, 0) is 34.1 Å². The summed E-state index contributed by atoms with van der Waals surface area (Å²) in [5, 5.41) is 2.72. The summed E-state index contributed by atoms with van der Waals surface area (Å²) in [6.45, 7) is 0.253. The molecule has 0 aliphatic heterocycles. The lowest BCUT2D eigenvalue weighted by Gasteiger charge is -2.02. The van der Waals surface area contributed by atoms with Crippen LogP contribution in [0.2, 0.25) is 0 Å². The first-order chi connectivity index (χ1) is 10.2. The number of pyridine rings is 1. The number of para-hydroxylation sites is 1. The fourth-order valence-corrected chi connectivity index (χ4v) is 2.01. The summed E-state index contributed by atoms with van der Waals surface area (Å²) in [7, 11) is 1.60. The Hall–Kier alpha value is -2.32. The second-order valence-electron chi connectivity index (χ2n) is 4.08. The number of hydrogen-bond acceptors (Lipinski definition) is 3. The lowest BCUT2D eigenvalue weighted by molar-refractivity contribution is 0.0958. The molecule has 1 aromatic carbocycles. The highest BCUT2D eigenvalue weighted by molar-refractivity contribution is 9.10. The van der Waals surface area contributed by atoms with Crippen LogP contribution >= 0.6 is 15.9 Å². The van der Waals surface area contributed by atoms with Gasteiger partial charge in [0.15, 0.2) is 0 Å². The Kier molecular flexibility index (Phi) is 5.35. The lowest BCUT2D eigenvalue weighted by Crippen LogP contribution is -2.23. The van der Waals surface area contributed by atoms with E-state index in [0.717, 1.165) is 10.0 Å². The van der Waals surface area contributed by atoms with E-state index in [-0.39, 0.29) is 12.5 Å². The van der Waals surface area contributed by atoms with E-state index in [1.54, 1.807) is 19.4 Å². The fraction of sp³-hybridized carbons (Fsp3) is 0.125. The molecule has 1 aromatic heterocycles. The van der Waals surface area contributed by atoms with Crippen LogP contribution in [0.5, 0.6) is 5.75 Å². The highest BCUT2D eigenvalue weighted by Crippen LogP contribution is 2.15. The van der Waals surface area contributed by atoms with Crippen LogP contribution in [0.15, 0.2) is 47.2 Å². The first-order valence-electron chi connectivity index (χ1n) is 6.21. The Morgan fingerprint density at radius 2 is 2.19 bits per heavy atom. The van der Waals surface area contributed by atoms with Gasteiger partial charge in [-0.3, -0.25) is 9.78 Å². The SMILES string of the molecule is COc1ccccc1C#CCNC(=O)c1cncc(Br)c1. The Bertz CT molecular complexity index is 705. The molecule has 0 spiro atoms. The quantitative estimate of drug-likeness (QED) is 0.871. The van der Waals surface area contributed by atoms with Crippen molar-refractivity contribution in [1.29, 1.82) is 0 Å². The first-order valence-corrected chi connectivity index (χ1v) is 7.00. The third-order valence-corrected chi connectivity index (χ3v) is 3.07. The minimum absolute atomic E-state index is 0.210. The summed E-state index contributed by atoms with van der Waals surface area (Å²) in [5.74, 6) is 6.37. The molecule has 0 aliphatic rings. The van der Waals surface area contributed by atoms with Crippen molar-refractivity contribution in [2.75, 3.05) is 13.7 Å². The average Bonchev–Trinajstić information content (AvgIpc) is 2.51. The van der Waals surface area contributed by atoms with Crippen molar-refractivity contribution in [3.63, 3.8) is 0 Å². The number of carbonyl (C=O) groups is 1. The monoisotopic (exact) mass is 344 g/mol. The van der Waals surface area contributed by atoms with Crippen LogP contribution in [0.3, 0.4) is 0 Å². The molecule has 1 N–H and O–H groups in total. The van der Waals surface area contributed by atoms with E-state index >= 15 is 0 Å². The summed E-state index contributed by atoms with van der Waals surface area (Å²) in [6.07, 6.45) is 3.13. The van der Waals surface area contributed by atoms with E-state index in [1.165, 1.54) is 6.20 Å². The molecule has 0 unspecified atom stereocenters. The minimum Gasteiger partial charge on any atom is -0.495 e. The number of carbonyl (C=O) groups excluding carboxylic acids is 1. The Labute approximate surface area is 131 Å². The number of nitrogens with one attached hydrogen (secondary N) is 1. The van der Waals surface area contributed by atoms with E-state index in [0.29, 0.717) is 11.3 Å². The Balaban J connectivity index is 1.96. The van der Waals surface area contributed by atoms with Crippen LogP contribution in [0.25, 0.3) is 0 Å². The van der Waals surface area contributed by atoms with Crippen LogP contribution < -0.4 is 10.1 Å². The smallest absolute Gasteiger partial charge is 0.253 e. The number of hydrogen-bond donors (Lipinski definition) is 1. The zero-order chi connectivity index (χ0) is 15.1. The molecule has 0 radical (unpaired) electrons. The lowest BCUT2D eigenvalue weighted by atomic mass is 10.2. The highest BCUT2D eigenvalue weighted by atomic mass is 79.9. The summed E-state index contributed by atoms with van der Waals surface area (Å²) in [4.78, 5) is 15.8. The highest BCUT2D eigenvalue weighted by Gasteiger charge is 2.04. The second-order valence-corrected chi connectivity index (χ2v) is 4.99. The maximum absolute atomic E-state index is 11.9. The number of ether oxygens (including phenoxy) is 1. The van der Waals surface area contributed by atoms with Gasteiger partial charge in [0, 0.05) is 16.9 Å². The zero-order valence-electron chi connectivity index (χ0n) is 11.4. The standard InChI is InChI=1S/C16H13BrN2O2/c1-21-15-7-3-2-5-12(15)6-4-8-19-16(20)13-9-14(17)11-18-10-13/h2-3,5,7,9-11H,8H2,1H3,(H,19,20). The van der Waals surface area contributed by atoms with Crippen molar-refractivity contribution < 1.29 is 9.53 Å². The number of methoxy groups -OCH3 is 1. The predicted molar refractivity (Wildman–Crippen MR) is 84.1 cm³/mol. The van der Waals surface area contributed by atoms with Crippen LogP contribution in [0.1, 0.15) is 15.9 Å². The van der Waals surface area contributed by atoms with Gasteiger partial charge >= 0.3 is 0 Å². The Morgan fingerprint density at radius 1 is 1.38 bits per heavy atom. The number of rotatable bonds is 3. The molecule has 0 aliphatic carbocycles. The van der Waals surface area contributed by atoms with Crippen molar-refractivity contribution in [3.8, 4) is 17.6 Å². The molecule has 1 amide bonds. The van der Waals surface area contributed by atoms with Gasteiger partial charge in [-0.2, -0.15) is 0 Å². The van der Waals surface area contributed by atoms with E-state index in [2.05, 4.69) is 38.1 Å². The van der Waals surface area contributed by atoms with Gasteiger partial charge in [0.25, 0.3) is 5.91 Å². The summed E-state index contributed by atoms with van der Waals surface area (Å²) in [6, 6.07) is 9.18. The molecule has 106 valence electrons. The Morgan fingerprint density at radius 3 is 2.95 bits per heavy atom. The van der Waals surface area contributed by atoms with E-state index < -0.39 is 0 Å². The van der Waals surface area contributed by atoms with E-state index in [4.69, 9.17) is 4.74 Å². The molecule has 5 heteroatoms. The molecule has 21 heavy (non-hydrogen) atoms. The maximum atomic E-state index is 11.9. The zero-order valence-corrected chi connectivity index (χ0v) is 13.0. The van der Waals surface area contributed by atoms with E-state index in [9.17, 15) is 4.79 Å². The molecule has 2 aromatic rings. The van der Waals surface area contributed by atoms with Crippen molar-refractivity contribution in [2.24, 2.45) is 0 Å². The van der Waals surface area contributed by atoms with Crippen LogP contribution in [-0.2, 0) is 0 Å². The second kappa shape index (κ2) is 7.46. The number of aromatic nitrogens is 1. The molecule has 4 nitrogen and oxygen atoms in total. The van der Waals surface area contributed by atoms with Gasteiger partial charge < -0.3 is 10.1 Å². The largest absolute Gasteiger partial charge is 0.495 e. The van der Waals surface area contributed by atoms with Gasteiger partial charge in [0.2, 0.25) is 0 Å². The number of halogens is 1. The molecule has 2 rings (SSSR count). The molecule has 0 saturated carbocycles.